The molecular formula is C12H25N. The second-order valence-corrected chi connectivity index (χ2v) is 4.83. The average molecular weight is 183 g/mol. The lowest BCUT2D eigenvalue weighted by Crippen LogP contribution is -2.42. The van der Waals surface area contributed by atoms with Crippen LogP contribution in [-0.4, -0.2) is 12.1 Å². The highest BCUT2D eigenvalue weighted by atomic mass is 15.0. The van der Waals surface area contributed by atoms with Crippen LogP contribution in [0.3, 0.4) is 0 Å². The van der Waals surface area contributed by atoms with Gasteiger partial charge in [-0.1, -0.05) is 39.5 Å². The van der Waals surface area contributed by atoms with Crippen LogP contribution >= 0.6 is 0 Å². The van der Waals surface area contributed by atoms with Gasteiger partial charge in [-0.25, -0.2) is 0 Å². The lowest BCUT2D eigenvalue weighted by molar-refractivity contribution is 0.321. The van der Waals surface area contributed by atoms with Crippen molar-refractivity contribution in [2.24, 2.45) is 5.92 Å². The van der Waals surface area contributed by atoms with E-state index in [1.54, 1.807) is 0 Å². The van der Waals surface area contributed by atoms with Crippen LogP contribution in [-0.2, 0) is 0 Å². The van der Waals surface area contributed by atoms with Gasteiger partial charge in [-0.2, -0.15) is 0 Å². The Morgan fingerprint density at radius 2 is 1.69 bits per heavy atom. The van der Waals surface area contributed by atoms with Gasteiger partial charge in [0.1, 0.15) is 0 Å². The Hall–Kier alpha value is -0.0400. The predicted molar refractivity (Wildman–Crippen MR) is 58.9 cm³/mol. The van der Waals surface area contributed by atoms with Crippen LogP contribution in [0.4, 0.5) is 0 Å². The van der Waals surface area contributed by atoms with Gasteiger partial charge in [-0.05, 0) is 32.2 Å². The maximum Gasteiger partial charge on any atom is 0.0153 e. The summed E-state index contributed by atoms with van der Waals surface area (Å²) in [6, 6.07) is 0. The number of hydrogen-bond acceptors (Lipinski definition) is 1. The third-order valence-electron chi connectivity index (χ3n) is 3.68. The summed E-state index contributed by atoms with van der Waals surface area (Å²) in [7, 11) is 0. The maximum atomic E-state index is 3.76. The molecule has 1 heteroatoms. The molecule has 1 saturated carbocycles. The fourth-order valence-corrected chi connectivity index (χ4v) is 2.30. The Morgan fingerprint density at radius 1 is 1.15 bits per heavy atom. The summed E-state index contributed by atoms with van der Waals surface area (Å²) in [5, 5.41) is 3.76. The third-order valence-corrected chi connectivity index (χ3v) is 3.68. The molecule has 0 spiro atoms. The normalized spacial score (nSPS) is 21.2. The van der Waals surface area contributed by atoms with Gasteiger partial charge in [0.15, 0.2) is 0 Å². The minimum absolute atomic E-state index is 0.475. The highest BCUT2D eigenvalue weighted by molar-refractivity contribution is 4.88. The highest BCUT2D eigenvalue weighted by Gasteiger charge is 2.27. The van der Waals surface area contributed by atoms with Crippen LogP contribution in [0, 0.1) is 5.92 Å². The van der Waals surface area contributed by atoms with Gasteiger partial charge in [0.05, 0.1) is 0 Å². The zero-order valence-electron chi connectivity index (χ0n) is 9.53. The molecule has 1 aliphatic rings. The molecule has 1 nitrogen and oxygen atoms in total. The van der Waals surface area contributed by atoms with E-state index >= 15 is 0 Å². The Balaban J connectivity index is 2.23. The summed E-state index contributed by atoms with van der Waals surface area (Å²) in [4.78, 5) is 0. The van der Waals surface area contributed by atoms with Gasteiger partial charge >= 0.3 is 0 Å². The van der Waals surface area contributed by atoms with E-state index in [1.807, 2.05) is 0 Å². The van der Waals surface area contributed by atoms with Gasteiger partial charge in [0.2, 0.25) is 0 Å². The Bertz CT molecular complexity index is 132. The van der Waals surface area contributed by atoms with Crippen molar-refractivity contribution < 1.29 is 0 Å². The van der Waals surface area contributed by atoms with Crippen molar-refractivity contribution in [2.75, 3.05) is 6.54 Å². The van der Waals surface area contributed by atoms with Gasteiger partial charge in [-0.15, -0.1) is 0 Å². The molecule has 0 saturated heterocycles. The Morgan fingerprint density at radius 3 is 2.15 bits per heavy atom. The molecule has 0 bridgehead atoms. The van der Waals surface area contributed by atoms with Crippen molar-refractivity contribution in [1.29, 1.82) is 0 Å². The fourth-order valence-electron chi connectivity index (χ4n) is 2.30. The molecule has 1 rings (SSSR count). The molecule has 1 aliphatic carbocycles. The van der Waals surface area contributed by atoms with Crippen LogP contribution in [0.25, 0.3) is 0 Å². The van der Waals surface area contributed by atoms with Crippen molar-refractivity contribution in [3.05, 3.63) is 0 Å². The molecule has 1 N–H and O–H groups in total. The first-order chi connectivity index (χ1) is 6.20. The van der Waals surface area contributed by atoms with Crippen molar-refractivity contribution in [2.45, 2.75) is 64.8 Å². The molecule has 0 aromatic carbocycles. The quantitative estimate of drug-likeness (QED) is 0.689. The van der Waals surface area contributed by atoms with Gasteiger partial charge < -0.3 is 5.32 Å². The molecule has 0 atom stereocenters. The van der Waals surface area contributed by atoms with Crippen LogP contribution < -0.4 is 5.32 Å². The smallest absolute Gasteiger partial charge is 0.0153 e. The van der Waals surface area contributed by atoms with E-state index in [9.17, 15) is 0 Å². The molecule has 0 aromatic heterocycles. The van der Waals surface area contributed by atoms with Crippen molar-refractivity contribution in [3.63, 3.8) is 0 Å². The summed E-state index contributed by atoms with van der Waals surface area (Å²) in [5.41, 5.74) is 0.475. The van der Waals surface area contributed by atoms with Crippen molar-refractivity contribution >= 4 is 0 Å². The maximum absolute atomic E-state index is 3.76. The summed E-state index contributed by atoms with van der Waals surface area (Å²) in [5.74, 6) is 0.887. The monoisotopic (exact) mass is 183 g/mol. The molecule has 13 heavy (non-hydrogen) atoms. The highest BCUT2D eigenvalue weighted by Crippen LogP contribution is 2.29. The van der Waals surface area contributed by atoms with Gasteiger partial charge in [0, 0.05) is 5.54 Å². The lowest BCUT2D eigenvalue weighted by Gasteiger charge is -2.27. The minimum atomic E-state index is 0.475. The number of nitrogens with one attached hydrogen (secondary N) is 1. The zero-order chi connectivity index (χ0) is 9.73. The molecule has 0 aromatic rings. The van der Waals surface area contributed by atoms with E-state index in [0.29, 0.717) is 5.54 Å². The summed E-state index contributed by atoms with van der Waals surface area (Å²) in [6.07, 6.45) is 8.25. The van der Waals surface area contributed by atoms with Crippen LogP contribution in [0.2, 0.25) is 0 Å². The molecule has 78 valence electrons. The largest absolute Gasteiger partial charge is 0.311 e. The Kier molecular flexibility index (Phi) is 4.24. The molecule has 0 amide bonds. The first kappa shape index (κ1) is 11.0. The molecule has 0 aliphatic heterocycles. The predicted octanol–water partition coefficient (Wildman–Crippen LogP) is 3.34. The van der Waals surface area contributed by atoms with Crippen molar-refractivity contribution in [1.82, 2.24) is 5.32 Å². The number of hydrogen-bond donors (Lipinski definition) is 1. The van der Waals surface area contributed by atoms with Gasteiger partial charge in [-0.3, -0.25) is 0 Å². The van der Waals surface area contributed by atoms with E-state index in [0.717, 1.165) is 5.92 Å². The standard InChI is InChI=1S/C12H25N/c1-4-11(5-2)10-13-12(3)8-6-7-9-12/h11,13H,4-10H2,1-3H3. The third kappa shape index (κ3) is 3.30. The van der Waals surface area contributed by atoms with Gasteiger partial charge in [0.25, 0.3) is 0 Å². The second kappa shape index (κ2) is 4.99. The molecule has 0 radical (unpaired) electrons. The minimum Gasteiger partial charge on any atom is -0.311 e. The van der Waals surface area contributed by atoms with Crippen molar-refractivity contribution in [3.8, 4) is 0 Å². The van der Waals surface area contributed by atoms with E-state index in [1.165, 1.54) is 45.1 Å². The number of rotatable bonds is 5. The summed E-state index contributed by atoms with van der Waals surface area (Å²) >= 11 is 0. The summed E-state index contributed by atoms with van der Waals surface area (Å²) in [6.45, 7) is 8.21. The van der Waals surface area contributed by atoms with E-state index in [2.05, 4.69) is 26.1 Å². The molecule has 1 fully saturated rings. The van der Waals surface area contributed by atoms with Crippen LogP contribution in [0.1, 0.15) is 59.3 Å². The molecule has 0 unspecified atom stereocenters. The first-order valence-electron chi connectivity index (χ1n) is 5.95. The van der Waals surface area contributed by atoms with E-state index < -0.39 is 0 Å². The lowest BCUT2D eigenvalue weighted by atomic mass is 9.97. The molecular weight excluding hydrogens is 158 g/mol. The average Bonchev–Trinajstić information content (AvgIpc) is 2.55. The topological polar surface area (TPSA) is 12.0 Å². The first-order valence-corrected chi connectivity index (χ1v) is 5.95. The van der Waals surface area contributed by atoms with Crippen LogP contribution in [0.5, 0.6) is 0 Å². The SMILES string of the molecule is CCC(CC)CNC1(C)CCCC1. The van der Waals surface area contributed by atoms with E-state index in [4.69, 9.17) is 0 Å². The molecule has 0 heterocycles. The van der Waals surface area contributed by atoms with Crippen LogP contribution in [0.15, 0.2) is 0 Å². The van der Waals surface area contributed by atoms with E-state index in [-0.39, 0.29) is 0 Å². The summed E-state index contributed by atoms with van der Waals surface area (Å²) < 4.78 is 0. The fraction of sp³-hybridized carbons (Fsp3) is 1.00. The zero-order valence-corrected chi connectivity index (χ0v) is 9.53. The Labute approximate surface area is 83.3 Å². The second-order valence-electron chi connectivity index (χ2n) is 4.83.